The predicted molar refractivity (Wildman–Crippen MR) is 119 cm³/mol. The van der Waals surface area contributed by atoms with Crippen LogP contribution in [-0.2, 0) is 40.3 Å². The molecule has 30 heavy (non-hydrogen) atoms. The maximum atomic E-state index is 13.3. The molecule has 0 N–H and O–H groups in total. The number of carbonyl (C=O) groups excluding carboxylic acids is 1. The van der Waals surface area contributed by atoms with Crippen LogP contribution in [0, 0.1) is 0 Å². The topological polar surface area (TPSA) is 70.4 Å². The Balaban J connectivity index is 1.76. The molecule has 0 atom stereocenters. The van der Waals surface area contributed by atoms with Crippen molar-refractivity contribution in [3.05, 3.63) is 56.6 Å². The molecule has 3 aromatic rings. The Labute approximate surface area is 183 Å². The number of fused-ring (bicyclic) bond motifs is 2. The maximum absolute atomic E-state index is 13.3. The van der Waals surface area contributed by atoms with Crippen molar-refractivity contribution in [2.45, 2.75) is 50.6 Å². The summed E-state index contributed by atoms with van der Waals surface area (Å²) >= 11 is 2.88. The molecule has 0 aliphatic carbocycles. The van der Waals surface area contributed by atoms with Gasteiger partial charge in [-0.2, -0.15) is 0 Å². The van der Waals surface area contributed by atoms with Crippen LogP contribution in [0.5, 0.6) is 0 Å². The van der Waals surface area contributed by atoms with Crippen molar-refractivity contribution in [1.82, 2.24) is 9.55 Å². The second kappa shape index (κ2) is 8.53. The van der Waals surface area contributed by atoms with Gasteiger partial charge in [-0.05, 0) is 25.8 Å². The highest BCUT2D eigenvalue weighted by Crippen LogP contribution is 2.33. The Bertz CT molecular complexity index is 1140. The smallest absolute Gasteiger partial charge is 0.316 e. The predicted octanol–water partition coefficient (Wildman–Crippen LogP) is 3.82. The lowest BCUT2D eigenvalue weighted by atomic mass is 9.96. The quantitative estimate of drug-likeness (QED) is 0.425. The molecule has 0 amide bonds. The largest absolute Gasteiger partial charge is 0.468 e. The maximum Gasteiger partial charge on any atom is 0.316 e. The third-order valence-corrected chi connectivity index (χ3v) is 7.31. The highest BCUT2D eigenvalue weighted by molar-refractivity contribution is 7.99. The van der Waals surface area contributed by atoms with Crippen LogP contribution < -0.4 is 5.43 Å². The fourth-order valence-electron chi connectivity index (χ4n) is 3.53. The van der Waals surface area contributed by atoms with E-state index in [0.717, 1.165) is 21.7 Å². The van der Waals surface area contributed by atoms with Crippen LogP contribution in [-0.4, -0.2) is 34.0 Å². The van der Waals surface area contributed by atoms with Gasteiger partial charge in [0.25, 0.3) is 0 Å². The number of imidazole rings is 1. The summed E-state index contributed by atoms with van der Waals surface area (Å²) in [6.07, 6.45) is 1.38. The van der Waals surface area contributed by atoms with E-state index in [9.17, 15) is 9.59 Å². The molecule has 4 rings (SSSR count). The van der Waals surface area contributed by atoms with Crippen molar-refractivity contribution < 1.29 is 14.3 Å². The number of hydrogen-bond donors (Lipinski definition) is 0. The fraction of sp³-hybridized carbons (Fsp3) is 0.409. The zero-order valence-corrected chi connectivity index (χ0v) is 18.9. The molecule has 3 heterocycles. The second-order valence-corrected chi connectivity index (χ2v) is 9.88. The van der Waals surface area contributed by atoms with Crippen LogP contribution in [0.3, 0.4) is 0 Å². The van der Waals surface area contributed by atoms with Crippen molar-refractivity contribution in [2.24, 2.45) is 0 Å². The van der Waals surface area contributed by atoms with Crippen molar-refractivity contribution in [1.29, 1.82) is 0 Å². The van der Waals surface area contributed by atoms with Crippen LogP contribution in [0.2, 0.25) is 0 Å². The van der Waals surface area contributed by atoms with Gasteiger partial charge in [-0.1, -0.05) is 42.1 Å². The third-order valence-electron chi connectivity index (χ3n) is 5.14. The van der Waals surface area contributed by atoms with E-state index in [4.69, 9.17) is 9.47 Å². The first kappa shape index (κ1) is 21.1. The summed E-state index contributed by atoms with van der Waals surface area (Å²) in [5, 5.41) is 0.669. The van der Waals surface area contributed by atoms with E-state index in [1.54, 1.807) is 11.3 Å². The number of thioether (sulfide) groups is 1. The molecule has 1 aliphatic rings. The minimum atomic E-state index is -0.356. The average molecular weight is 445 g/mol. The standard InChI is InChI=1S/C22H24N2O4S2/c1-22(2)11-15-16(12-28-22)30-20-18(19(15)26)23-21(29-13-17(25)27-3)24(20)10-9-14-7-5-4-6-8-14/h4-8H,9-13H2,1-3H3. The van der Waals surface area contributed by atoms with E-state index in [0.29, 0.717) is 30.2 Å². The van der Waals surface area contributed by atoms with Gasteiger partial charge in [0.1, 0.15) is 10.3 Å². The number of esters is 1. The van der Waals surface area contributed by atoms with Crippen molar-refractivity contribution in [3.63, 3.8) is 0 Å². The molecule has 0 fully saturated rings. The van der Waals surface area contributed by atoms with Gasteiger partial charge in [0, 0.05) is 23.4 Å². The van der Waals surface area contributed by atoms with E-state index >= 15 is 0 Å². The minimum absolute atomic E-state index is 0.0199. The zero-order valence-electron chi connectivity index (χ0n) is 17.3. The Morgan fingerprint density at radius 3 is 2.83 bits per heavy atom. The van der Waals surface area contributed by atoms with Gasteiger partial charge in [0.2, 0.25) is 5.43 Å². The molecule has 1 aliphatic heterocycles. The third kappa shape index (κ3) is 4.31. The number of benzene rings is 1. The molecule has 6 nitrogen and oxygen atoms in total. The summed E-state index contributed by atoms with van der Waals surface area (Å²) in [5.74, 6) is -0.165. The van der Waals surface area contributed by atoms with Gasteiger partial charge in [-0.25, -0.2) is 4.98 Å². The highest BCUT2D eigenvalue weighted by atomic mass is 32.2. The number of carbonyl (C=O) groups is 1. The Morgan fingerprint density at radius 1 is 1.33 bits per heavy atom. The molecule has 0 bridgehead atoms. The molecule has 0 saturated carbocycles. The summed E-state index contributed by atoms with van der Waals surface area (Å²) in [5.41, 5.74) is 2.12. The number of aromatic nitrogens is 2. The zero-order chi connectivity index (χ0) is 21.3. The van der Waals surface area contributed by atoms with Crippen LogP contribution in [0.15, 0.2) is 40.3 Å². The SMILES string of the molecule is COC(=O)CSc1nc2c(=O)c3c(sc2n1CCc1ccccc1)COC(C)(C)C3. The molecule has 1 aromatic carbocycles. The lowest BCUT2D eigenvalue weighted by Gasteiger charge is -2.30. The van der Waals surface area contributed by atoms with Gasteiger partial charge >= 0.3 is 5.97 Å². The van der Waals surface area contributed by atoms with Crippen LogP contribution in [0.4, 0.5) is 0 Å². The minimum Gasteiger partial charge on any atom is -0.468 e. The summed E-state index contributed by atoms with van der Waals surface area (Å²) in [7, 11) is 1.37. The van der Waals surface area contributed by atoms with E-state index in [1.807, 2.05) is 32.0 Å². The molecule has 158 valence electrons. The number of ether oxygens (including phenoxy) is 2. The Kier molecular flexibility index (Phi) is 5.99. The monoisotopic (exact) mass is 444 g/mol. The van der Waals surface area contributed by atoms with E-state index in [1.165, 1.54) is 24.4 Å². The summed E-state index contributed by atoms with van der Waals surface area (Å²) in [6, 6.07) is 10.2. The van der Waals surface area contributed by atoms with Gasteiger partial charge in [0.05, 0.1) is 25.1 Å². The fourth-order valence-corrected chi connectivity index (χ4v) is 5.61. The number of nitrogens with zero attached hydrogens (tertiary/aromatic N) is 2. The summed E-state index contributed by atoms with van der Waals surface area (Å²) in [4.78, 5) is 31.4. The molecule has 2 aromatic heterocycles. The lowest BCUT2D eigenvalue weighted by molar-refractivity contribution is -0.137. The Morgan fingerprint density at radius 2 is 2.10 bits per heavy atom. The molecule has 0 unspecified atom stereocenters. The lowest BCUT2D eigenvalue weighted by Crippen LogP contribution is -2.34. The second-order valence-electron chi connectivity index (χ2n) is 7.86. The normalized spacial score (nSPS) is 15.2. The van der Waals surface area contributed by atoms with Crippen LogP contribution in [0.25, 0.3) is 10.3 Å². The summed E-state index contributed by atoms with van der Waals surface area (Å²) in [6.45, 7) is 5.11. The molecule has 0 radical (unpaired) electrons. The number of hydrogen-bond acceptors (Lipinski definition) is 7. The molecule has 0 spiro atoms. The molecular formula is C22H24N2O4S2. The van der Waals surface area contributed by atoms with Crippen molar-refractivity contribution in [2.75, 3.05) is 12.9 Å². The highest BCUT2D eigenvalue weighted by Gasteiger charge is 2.30. The van der Waals surface area contributed by atoms with Crippen molar-refractivity contribution >= 4 is 39.4 Å². The number of methoxy groups -OCH3 is 1. The van der Waals surface area contributed by atoms with Gasteiger partial charge in [-0.3, -0.25) is 9.59 Å². The Hall–Kier alpha value is -2.16. The number of aryl methyl sites for hydroxylation is 2. The molecule has 8 heteroatoms. The number of rotatable bonds is 6. The molecule has 0 saturated heterocycles. The van der Waals surface area contributed by atoms with E-state index in [-0.39, 0.29) is 22.8 Å². The van der Waals surface area contributed by atoms with Crippen LogP contribution >= 0.6 is 23.1 Å². The van der Waals surface area contributed by atoms with Gasteiger partial charge in [-0.15, -0.1) is 11.3 Å². The first-order chi connectivity index (χ1) is 14.4. The summed E-state index contributed by atoms with van der Waals surface area (Å²) < 4.78 is 12.8. The van der Waals surface area contributed by atoms with Gasteiger partial charge in [0.15, 0.2) is 5.16 Å². The molecular weight excluding hydrogens is 420 g/mol. The average Bonchev–Trinajstić information content (AvgIpc) is 3.09. The van der Waals surface area contributed by atoms with E-state index < -0.39 is 0 Å². The van der Waals surface area contributed by atoms with Crippen molar-refractivity contribution in [3.8, 4) is 0 Å². The first-order valence-electron chi connectivity index (χ1n) is 9.80. The van der Waals surface area contributed by atoms with Gasteiger partial charge < -0.3 is 14.0 Å². The van der Waals surface area contributed by atoms with E-state index in [2.05, 4.69) is 21.7 Å². The first-order valence-corrected chi connectivity index (χ1v) is 11.6. The van der Waals surface area contributed by atoms with Crippen LogP contribution in [0.1, 0.15) is 29.9 Å².